The van der Waals surface area contributed by atoms with Gasteiger partial charge in [-0.05, 0) is 23.3 Å². The van der Waals surface area contributed by atoms with Crippen LogP contribution in [0.3, 0.4) is 0 Å². The van der Waals surface area contributed by atoms with Crippen molar-refractivity contribution in [2.24, 2.45) is 0 Å². The van der Waals surface area contributed by atoms with Crippen molar-refractivity contribution in [2.45, 2.75) is 13.8 Å². The molecule has 0 fully saturated rings. The van der Waals surface area contributed by atoms with Crippen molar-refractivity contribution in [1.82, 2.24) is 9.97 Å². The molecule has 8 aromatic carbocycles. The van der Waals surface area contributed by atoms with E-state index in [1.807, 2.05) is 0 Å². The zero-order valence-corrected chi connectivity index (χ0v) is 32.3. The molecule has 4 heteroatoms. The van der Waals surface area contributed by atoms with Gasteiger partial charge in [0.25, 0.3) is 0 Å². The first-order valence-corrected chi connectivity index (χ1v) is 20.4. The summed E-state index contributed by atoms with van der Waals surface area (Å²) in [7, 11) is 0. The van der Waals surface area contributed by atoms with Crippen molar-refractivity contribution in [3.8, 4) is 22.3 Å². The third-order valence-corrected chi connectivity index (χ3v) is 9.45. The van der Waals surface area contributed by atoms with Gasteiger partial charge in [-0.3, -0.25) is 0 Å². The van der Waals surface area contributed by atoms with Crippen LogP contribution in [0.25, 0.3) is 87.4 Å². The van der Waals surface area contributed by atoms with E-state index in [9.17, 15) is 0 Å². The number of aromatic amines is 2. The second kappa shape index (κ2) is 14.6. The van der Waals surface area contributed by atoms with Crippen LogP contribution in [-0.2, 0) is 23.3 Å². The number of benzene rings is 6. The average molecular weight is 738 g/mol. The average Bonchev–Trinajstić information content (AvgIpc) is 3.90. The van der Waals surface area contributed by atoms with Crippen LogP contribution in [0.1, 0.15) is 11.1 Å². The van der Waals surface area contributed by atoms with Gasteiger partial charge in [-0.25, -0.2) is 0 Å². The summed E-state index contributed by atoms with van der Waals surface area (Å²) in [5, 5.41) is 10.4. The second-order valence-corrected chi connectivity index (χ2v) is 12.5. The zero-order chi connectivity index (χ0) is 32.8. The minimum atomic E-state index is 0. The first kappa shape index (κ1) is 35.1. The van der Waals surface area contributed by atoms with Crippen molar-refractivity contribution in [3.63, 3.8) is 0 Å². The first-order valence-electron chi connectivity index (χ1n) is 16.2. The predicted molar refractivity (Wildman–Crippen MR) is 217 cm³/mol. The van der Waals surface area contributed by atoms with E-state index in [-0.39, 0.29) is 14.9 Å². The Labute approximate surface area is 311 Å². The summed E-state index contributed by atoms with van der Waals surface area (Å²) >= 11 is 1.36. The molecule has 0 bridgehead atoms. The minimum absolute atomic E-state index is 0. The SMILES string of the molecule is Cc1cc2c(-c3cccc4c3[nH]c3ccccc34)cccc2[cH-]1.Cc1cc2c(-c3cccc4c3[nH]c3ccccc34)cccc2[cH-]1.[CH3-].[CH3-].[Si]=[Zr]. The molecule has 0 spiro atoms. The molecule has 0 aliphatic heterocycles. The normalized spacial score (nSPS) is 10.8. The van der Waals surface area contributed by atoms with Crippen LogP contribution < -0.4 is 0 Å². The molecule has 2 aromatic heterocycles. The summed E-state index contributed by atoms with van der Waals surface area (Å²) in [4.78, 5) is 7.23. The number of aryl methyl sites for hydroxylation is 2. The molecule has 0 amide bonds. The number of nitrogens with one attached hydrogen (secondary N) is 2. The molecule has 2 nitrogen and oxygen atoms in total. The van der Waals surface area contributed by atoms with E-state index >= 15 is 0 Å². The van der Waals surface area contributed by atoms with E-state index < -0.39 is 0 Å². The van der Waals surface area contributed by atoms with Crippen molar-refractivity contribution >= 4 is 72.0 Å². The van der Waals surface area contributed by atoms with Crippen LogP contribution >= 0.6 is 0 Å². The summed E-state index contributed by atoms with van der Waals surface area (Å²) < 4.78 is 0. The molecule has 244 valence electrons. The van der Waals surface area contributed by atoms with Crippen molar-refractivity contribution < 1.29 is 23.3 Å². The number of hydrogen-bond acceptors (Lipinski definition) is 0. The number of rotatable bonds is 2. The summed E-state index contributed by atoms with van der Waals surface area (Å²) in [6.07, 6.45) is 0. The van der Waals surface area contributed by atoms with Crippen LogP contribution in [0.15, 0.2) is 146 Å². The molecule has 2 radical (unpaired) electrons. The topological polar surface area (TPSA) is 31.6 Å². The van der Waals surface area contributed by atoms with Gasteiger partial charge in [-0.15, -0.1) is 69.1 Å². The van der Waals surface area contributed by atoms with E-state index in [1.54, 1.807) is 0 Å². The van der Waals surface area contributed by atoms with Gasteiger partial charge in [-0.2, -0.15) is 12.1 Å². The zero-order valence-electron chi connectivity index (χ0n) is 28.9. The Hall–Kier alpha value is -4.76. The van der Waals surface area contributed by atoms with E-state index in [2.05, 4.69) is 176 Å². The maximum absolute atomic E-state index is 3.62. The Morgan fingerprint density at radius 2 is 0.780 bits per heavy atom. The van der Waals surface area contributed by atoms with Gasteiger partial charge in [0.1, 0.15) is 0 Å². The van der Waals surface area contributed by atoms with Crippen LogP contribution in [0.5, 0.6) is 0 Å². The molecule has 10 aromatic rings. The predicted octanol–water partition coefficient (Wildman–Crippen LogP) is 12.9. The van der Waals surface area contributed by atoms with E-state index in [0.717, 1.165) is 0 Å². The van der Waals surface area contributed by atoms with Crippen molar-refractivity contribution in [1.29, 1.82) is 0 Å². The van der Waals surface area contributed by atoms with Crippen molar-refractivity contribution in [3.05, 3.63) is 172 Å². The third kappa shape index (κ3) is 6.02. The monoisotopic (exact) mass is 736 g/mol. The fraction of sp³-hybridized carbons (Fsp3) is 0.0435. The van der Waals surface area contributed by atoms with Gasteiger partial charge in [-0.1, -0.05) is 110 Å². The molecule has 0 saturated heterocycles. The molecule has 2 heterocycles. The Morgan fingerprint density at radius 1 is 0.420 bits per heavy atom. The first-order chi connectivity index (χ1) is 23.6. The number of aromatic nitrogens is 2. The van der Waals surface area contributed by atoms with Gasteiger partial charge >= 0.3 is 30.2 Å². The molecular formula is C46H38N2SiZr-4. The molecule has 2 N–H and O–H groups in total. The summed E-state index contributed by atoms with van der Waals surface area (Å²) in [6.45, 7) is 7.38. The van der Waals surface area contributed by atoms with Crippen molar-refractivity contribution in [2.75, 3.05) is 0 Å². The van der Waals surface area contributed by atoms with Gasteiger partial charge in [0.05, 0.1) is 11.0 Å². The van der Waals surface area contributed by atoms with Gasteiger partial charge in [0, 0.05) is 32.6 Å². The van der Waals surface area contributed by atoms with E-state index in [4.69, 9.17) is 0 Å². The molecular weight excluding hydrogens is 700 g/mol. The Balaban J connectivity index is 0.000000159. The van der Waals surface area contributed by atoms with Crippen LogP contribution in [0, 0.1) is 28.7 Å². The number of para-hydroxylation sites is 4. The molecule has 0 unspecified atom stereocenters. The Morgan fingerprint density at radius 3 is 1.22 bits per heavy atom. The quantitative estimate of drug-likeness (QED) is 0.131. The second-order valence-electron chi connectivity index (χ2n) is 12.5. The molecule has 0 aliphatic rings. The summed E-state index contributed by atoms with van der Waals surface area (Å²) in [6, 6.07) is 52.4. The molecule has 0 saturated carbocycles. The fourth-order valence-corrected chi connectivity index (χ4v) is 7.43. The van der Waals surface area contributed by atoms with Crippen LogP contribution in [0.2, 0.25) is 0 Å². The fourth-order valence-electron chi connectivity index (χ4n) is 7.43. The van der Waals surface area contributed by atoms with Gasteiger partial charge in [0.15, 0.2) is 0 Å². The van der Waals surface area contributed by atoms with Gasteiger partial charge < -0.3 is 24.8 Å². The van der Waals surface area contributed by atoms with Gasteiger partial charge in [0.2, 0.25) is 0 Å². The molecule has 50 heavy (non-hydrogen) atoms. The third-order valence-electron chi connectivity index (χ3n) is 9.45. The van der Waals surface area contributed by atoms with Crippen LogP contribution in [-0.4, -0.2) is 16.8 Å². The van der Waals surface area contributed by atoms with E-state index in [0.29, 0.717) is 0 Å². The number of H-pyrrole nitrogens is 2. The molecule has 10 rings (SSSR count). The standard InChI is InChI=1S/2C22H16N.2CH3.Si.Zr/c2*1-14-12-15-6-4-8-16(20(15)13-14)18-9-5-10-19-17-7-2-3-11-21(17)23-22(18)19;;;;/h2*2-13,23H,1H3;2*1H3;;/q4*-1;;. The number of hydrogen-bond donors (Lipinski definition) is 2. The maximum atomic E-state index is 3.62. The van der Waals surface area contributed by atoms with E-state index in [1.165, 1.54) is 122 Å². The molecule has 0 atom stereocenters. The number of fused-ring (bicyclic) bond motifs is 8. The Bertz CT molecular complexity index is 2560. The van der Waals surface area contributed by atoms with Crippen LogP contribution in [0.4, 0.5) is 0 Å². The Kier molecular flexibility index (Phi) is 10.3. The summed E-state index contributed by atoms with van der Waals surface area (Å²) in [5.74, 6) is 0. The molecule has 0 aliphatic carbocycles. The summed E-state index contributed by atoms with van der Waals surface area (Å²) in [5.41, 5.74) is 12.6.